The van der Waals surface area contributed by atoms with E-state index in [0.717, 1.165) is 11.3 Å². The first-order chi connectivity index (χ1) is 12.4. The van der Waals surface area contributed by atoms with E-state index in [1.165, 1.54) is 18.2 Å². The lowest BCUT2D eigenvalue weighted by Crippen LogP contribution is -2.23. The topological polar surface area (TPSA) is 102 Å². The highest BCUT2D eigenvalue weighted by molar-refractivity contribution is 6.30. The van der Waals surface area contributed by atoms with Gasteiger partial charge in [0.25, 0.3) is 5.69 Å². The molecule has 0 radical (unpaired) electrons. The van der Waals surface area contributed by atoms with E-state index in [1.807, 2.05) is 6.92 Å². The third-order valence-corrected chi connectivity index (χ3v) is 3.93. The molecule has 0 fully saturated rings. The van der Waals surface area contributed by atoms with Crippen LogP contribution in [0.2, 0.25) is 5.02 Å². The van der Waals surface area contributed by atoms with Crippen LogP contribution < -0.4 is 10.1 Å². The molecule has 1 amide bonds. The van der Waals surface area contributed by atoms with Crippen LogP contribution in [-0.4, -0.2) is 22.5 Å². The lowest BCUT2D eigenvalue weighted by Gasteiger charge is -2.10. The molecule has 0 heterocycles. The lowest BCUT2D eigenvalue weighted by molar-refractivity contribution is -0.384. The Hall–Kier alpha value is -2.80. The Bertz CT molecular complexity index is 810. The number of carbonyl (C=O) groups excluding carboxylic acids is 1. The second-order valence-electron chi connectivity index (χ2n) is 5.71. The second-order valence-corrected chi connectivity index (χ2v) is 6.15. The van der Waals surface area contributed by atoms with Gasteiger partial charge in [0.2, 0.25) is 5.91 Å². The van der Waals surface area contributed by atoms with Crippen molar-refractivity contribution in [3.63, 3.8) is 0 Å². The van der Waals surface area contributed by atoms with Crippen LogP contribution in [0.25, 0.3) is 0 Å². The first kappa shape index (κ1) is 19.5. The normalized spacial score (nSPS) is 10.4. The monoisotopic (exact) mass is 378 g/mol. The number of aromatic hydroxyl groups is 1. The smallest absolute Gasteiger partial charge is 0.270 e. The molecule has 0 atom stereocenters. The molecule has 8 heteroatoms. The van der Waals surface area contributed by atoms with Gasteiger partial charge in [0.1, 0.15) is 11.5 Å². The fraction of sp³-hybridized carbons (Fsp3) is 0.278. The van der Waals surface area contributed by atoms with Crippen LogP contribution in [0.5, 0.6) is 11.5 Å². The Balaban J connectivity index is 1.75. The third kappa shape index (κ3) is 5.63. The summed E-state index contributed by atoms with van der Waals surface area (Å²) in [6.07, 6.45) is 0.747. The molecule has 26 heavy (non-hydrogen) atoms. The molecule has 2 aromatic carbocycles. The van der Waals surface area contributed by atoms with E-state index in [0.29, 0.717) is 23.6 Å². The summed E-state index contributed by atoms with van der Waals surface area (Å²) in [5.41, 5.74) is 1.07. The van der Waals surface area contributed by atoms with Gasteiger partial charge in [0.05, 0.1) is 11.5 Å². The third-order valence-electron chi connectivity index (χ3n) is 3.69. The van der Waals surface area contributed by atoms with Crippen LogP contribution in [0, 0.1) is 17.0 Å². The van der Waals surface area contributed by atoms with Gasteiger partial charge in [-0.3, -0.25) is 14.9 Å². The minimum absolute atomic E-state index is 0.0174. The minimum Gasteiger partial charge on any atom is -0.508 e. The molecule has 0 aliphatic rings. The Labute approximate surface area is 155 Å². The average Bonchev–Trinajstić information content (AvgIpc) is 2.59. The highest BCUT2D eigenvalue weighted by Crippen LogP contribution is 2.23. The number of nitro groups is 1. The number of phenols is 1. The number of hydrogen-bond donors (Lipinski definition) is 2. The SMILES string of the molecule is Cc1cc(Cl)ccc1OCCCC(=O)NCc1cc([N+](=O)[O-])ccc1O. The van der Waals surface area contributed by atoms with Gasteiger partial charge in [-0.25, -0.2) is 0 Å². The maximum absolute atomic E-state index is 11.9. The molecule has 0 saturated carbocycles. The molecule has 0 aromatic heterocycles. The first-order valence-corrected chi connectivity index (χ1v) is 8.36. The lowest BCUT2D eigenvalue weighted by atomic mass is 10.1. The van der Waals surface area contributed by atoms with Crippen molar-refractivity contribution in [2.75, 3.05) is 6.61 Å². The number of nitro benzene ring substituents is 1. The molecule has 2 N–H and O–H groups in total. The number of amides is 1. The van der Waals surface area contributed by atoms with Crippen molar-refractivity contribution in [2.24, 2.45) is 0 Å². The fourth-order valence-electron chi connectivity index (χ4n) is 2.30. The number of phenolic OH excluding ortho intramolecular Hbond substituents is 1. The molecule has 0 aliphatic carbocycles. The number of halogens is 1. The van der Waals surface area contributed by atoms with Crippen LogP contribution in [-0.2, 0) is 11.3 Å². The number of rotatable bonds is 8. The zero-order chi connectivity index (χ0) is 19.1. The predicted octanol–water partition coefficient (Wildman–Crippen LogP) is 3.74. The zero-order valence-electron chi connectivity index (χ0n) is 14.2. The summed E-state index contributed by atoms with van der Waals surface area (Å²) in [7, 11) is 0. The molecule has 0 spiro atoms. The molecule has 138 valence electrons. The van der Waals surface area contributed by atoms with Gasteiger partial charge >= 0.3 is 0 Å². The molecular weight excluding hydrogens is 360 g/mol. The summed E-state index contributed by atoms with van der Waals surface area (Å²) in [5.74, 6) is 0.390. The number of aryl methyl sites for hydroxylation is 1. The van der Waals surface area contributed by atoms with E-state index in [2.05, 4.69) is 5.32 Å². The molecule has 7 nitrogen and oxygen atoms in total. The van der Waals surface area contributed by atoms with E-state index in [-0.39, 0.29) is 30.3 Å². The van der Waals surface area contributed by atoms with E-state index < -0.39 is 4.92 Å². The Morgan fingerprint density at radius 3 is 2.77 bits per heavy atom. The highest BCUT2D eigenvalue weighted by atomic mass is 35.5. The van der Waals surface area contributed by atoms with Crippen molar-refractivity contribution in [1.82, 2.24) is 5.32 Å². The van der Waals surface area contributed by atoms with Crippen molar-refractivity contribution in [1.29, 1.82) is 0 Å². The van der Waals surface area contributed by atoms with E-state index in [1.54, 1.807) is 18.2 Å². The quantitative estimate of drug-likeness (QED) is 0.414. The van der Waals surface area contributed by atoms with Crippen molar-refractivity contribution in [3.8, 4) is 11.5 Å². The molecule has 0 aliphatic heterocycles. The second kappa shape index (κ2) is 9.05. The summed E-state index contributed by atoms with van der Waals surface area (Å²) in [5, 5.41) is 23.7. The Morgan fingerprint density at radius 2 is 2.08 bits per heavy atom. The van der Waals surface area contributed by atoms with Gasteiger partial charge in [0.15, 0.2) is 0 Å². The van der Waals surface area contributed by atoms with Gasteiger partial charge in [-0.15, -0.1) is 0 Å². The van der Waals surface area contributed by atoms with Gasteiger partial charge < -0.3 is 15.2 Å². The fourth-order valence-corrected chi connectivity index (χ4v) is 2.53. The van der Waals surface area contributed by atoms with Crippen molar-refractivity contribution >= 4 is 23.2 Å². The maximum atomic E-state index is 11.9. The van der Waals surface area contributed by atoms with Gasteiger partial charge in [0, 0.05) is 35.7 Å². The van der Waals surface area contributed by atoms with E-state index >= 15 is 0 Å². The number of non-ortho nitro benzene ring substituents is 1. The molecule has 0 bridgehead atoms. The van der Waals surface area contributed by atoms with Crippen LogP contribution in [0.1, 0.15) is 24.0 Å². The summed E-state index contributed by atoms with van der Waals surface area (Å²) in [4.78, 5) is 22.1. The van der Waals surface area contributed by atoms with Crippen molar-refractivity contribution < 1.29 is 19.6 Å². The standard InChI is InChI=1S/C18H19ClN2O5/c1-12-9-14(19)4-7-17(12)26-8-2-3-18(23)20-11-13-10-15(21(24)25)5-6-16(13)22/h4-7,9-10,22H,2-3,8,11H2,1H3,(H,20,23). The van der Waals surface area contributed by atoms with E-state index in [9.17, 15) is 20.0 Å². The largest absolute Gasteiger partial charge is 0.508 e. The number of hydrogen-bond acceptors (Lipinski definition) is 5. The summed E-state index contributed by atoms with van der Waals surface area (Å²) < 4.78 is 5.61. The van der Waals surface area contributed by atoms with Crippen LogP contribution in [0.3, 0.4) is 0 Å². The number of benzene rings is 2. The molecule has 0 saturated heterocycles. The van der Waals surface area contributed by atoms with Gasteiger partial charge in [-0.2, -0.15) is 0 Å². The van der Waals surface area contributed by atoms with Crippen molar-refractivity contribution in [3.05, 3.63) is 62.7 Å². The molecular formula is C18H19ClN2O5. The Morgan fingerprint density at radius 1 is 1.31 bits per heavy atom. The van der Waals surface area contributed by atoms with Gasteiger partial charge in [-0.1, -0.05) is 11.6 Å². The summed E-state index contributed by atoms with van der Waals surface area (Å²) >= 11 is 5.88. The minimum atomic E-state index is -0.555. The molecule has 2 aromatic rings. The van der Waals surface area contributed by atoms with Crippen molar-refractivity contribution in [2.45, 2.75) is 26.3 Å². The van der Waals surface area contributed by atoms with Crippen LogP contribution >= 0.6 is 11.6 Å². The number of carbonyl (C=O) groups is 1. The zero-order valence-corrected chi connectivity index (χ0v) is 15.0. The first-order valence-electron chi connectivity index (χ1n) is 7.98. The van der Waals surface area contributed by atoms with Crippen LogP contribution in [0.4, 0.5) is 5.69 Å². The number of nitrogens with zero attached hydrogens (tertiary/aromatic N) is 1. The predicted molar refractivity (Wildman–Crippen MR) is 97.5 cm³/mol. The molecule has 0 unspecified atom stereocenters. The maximum Gasteiger partial charge on any atom is 0.270 e. The number of ether oxygens (including phenoxy) is 1. The molecule has 2 rings (SSSR count). The Kier molecular flexibility index (Phi) is 6.80. The average molecular weight is 379 g/mol. The van der Waals surface area contributed by atoms with Crippen LogP contribution in [0.15, 0.2) is 36.4 Å². The van der Waals surface area contributed by atoms with Gasteiger partial charge in [-0.05, 0) is 43.2 Å². The summed E-state index contributed by atoms with van der Waals surface area (Å²) in [6, 6.07) is 9.00. The number of nitrogens with one attached hydrogen (secondary N) is 1. The van der Waals surface area contributed by atoms with E-state index in [4.69, 9.17) is 16.3 Å². The summed E-state index contributed by atoms with van der Waals surface area (Å²) in [6.45, 7) is 2.28. The highest BCUT2D eigenvalue weighted by Gasteiger charge is 2.11.